The lowest BCUT2D eigenvalue weighted by Gasteiger charge is -2.31. The molecule has 1 aromatic carbocycles. The van der Waals surface area contributed by atoms with Gasteiger partial charge in [-0.25, -0.2) is 0 Å². The molecule has 1 saturated heterocycles. The Bertz CT molecular complexity index is 504. The van der Waals surface area contributed by atoms with Crippen LogP contribution in [0.1, 0.15) is 63.0 Å². The molecule has 1 saturated carbocycles. The van der Waals surface area contributed by atoms with Gasteiger partial charge in [-0.05, 0) is 55.1 Å². The Balaban J connectivity index is 1.78. The molecule has 0 radical (unpaired) electrons. The molecule has 1 amide bonds. The molecule has 0 spiro atoms. The molecule has 0 aromatic heterocycles. The normalized spacial score (nSPS) is 26.1. The van der Waals surface area contributed by atoms with Gasteiger partial charge in [-0.2, -0.15) is 0 Å². The summed E-state index contributed by atoms with van der Waals surface area (Å²) in [5.74, 6) is 1.64. The fraction of sp³-hybridized carbons (Fsp3) is 0.611. The van der Waals surface area contributed by atoms with Gasteiger partial charge in [0.2, 0.25) is 5.91 Å². The molecular formula is C18H25NO. The zero-order chi connectivity index (χ0) is 14.2. The van der Waals surface area contributed by atoms with E-state index in [-0.39, 0.29) is 11.4 Å². The molecule has 2 aliphatic rings. The molecule has 1 N–H and O–H groups in total. The third-order valence-electron chi connectivity index (χ3n) is 4.58. The highest BCUT2D eigenvalue weighted by atomic mass is 16.2. The lowest BCUT2D eigenvalue weighted by Crippen LogP contribution is -2.44. The fourth-order valence-corrected chi connectivity index (χ4v) is 3.68. The van der Waals surface area contributed by atoms with E-state index in [1.54, 1.807) is 0 Å². The molecule has 0 bridgehead atoms. The van der Waals surface area contributed by atoms with Gasteiger partial charge in [-0.1, -0.05) is 38.1 Å². The maximum absolute atomic E-state index is 11.7. The Hall–Kier alpha value is -1.31. The van der Waals surface area contributed by atoms with Gasteiger partial charge in [-0.3, -0.25) is 4.79 Å². The van der Waals surface area contributed by atoms with Gasteiger partial charge < -0.3 is 5.32 Å². The van der Waals surface area contributed by atoms with Crippen LogP contribution in [0.4, 0.5) is 0 Å². The summed E-state index contributed by atoms with van der Waals surface area (Å²) >= 11 is 0. The number of carbonyl (C=O) groups is 1. The topological polar surface area (TPSA) is 29.1 Å². The van der Waals surface area contributed by atoms with Crippen molar-refractivity contribution in [1.29, 1.82) is 0 Å². The highest BCUT2D eigenvalue weighted by molar-refractivity contribution is 5.79. The molecule has 1 aromatic rings. The second-order valence-electron chi connectivity index (χ2n) is 7.12. The lowest BCUT2D eigenvalue weighted by atomic mass is 9.82. The molecule has 20 heavy (non-hydrogen) atoms. The van der Waals surface area contributed by atoms with Gasteiger partial charge >= 0.3 is 0 Å². The second-order valence-corrected chi connectivity index (χ2v) is 7.12. The first kappa shape index (κ1) is 13.7. The van der Waals surface area contributed by atoms with Gasteiger partial charge in [0.15, 0.2) is 0 Å². The van der Waals surface area contributed by atoms with Crippen molar-refractivity contribution in [1.82, 2.24) is 5.32 Å². The van der Waals surface area contributed by atoms with Crippen LogP contribution in [0.3, 0.4) is 0 Å². The molecule has 1 unspecified atom stereocenters. The molecule has 1 atom stereocenters. The highest BCUT2D eigenvalue weighted by Gasteiger charge is 2.38. The maximum atomic E-state index is 11.7. The van der Waals surface area contributed by atoms with Crippen LogP contribution in [-0.2, 0) is 11.2 Å². The summed E-state index contributed by atoms with van der Waals surface area (Å²) in [5, 5.41) is 3.27. The van der Waals surface area contributed by atoms with Gasteiger partial charge in [0, 0.05) is 12.0 Å². The third-order valence-corrected chi connectivity index (χ3v) is 4.58. The highest BCUT2D eigenvalue weighted by Crippen LogP contribution is 2.40. The van der Waals surface area contributed by atoms with Crippen LogP contribution in [0.25, 0.3) is 0 Å². The second kappa shape index (κ2) is 5.23. The zero-order valence-electron chi connectivity index (χ0n) is 12.6. The van der Waals surface area contributed by atoms with Gasteiger partial charge in [0.05, 0.1) is 0 Å². The van der Waals surface area contributed by atoms with E-state index in [1.807, 2.05) is 0 Å². The SMILES string of the molecule is CC(C)CC1(Cc2cccc(C3CC3)c2)CCC(=O)N1. The molecule has 1 aliphatic heterocycles. The molecule has 2 fully saturated rings. The number of amides is 1. The first-order valence-corrected chi connectivity index (χ1v) is 7.96. The average Bonchev–Trinajstić information content (AvgIpc) is 3.15. The van der Waals surface area contributed by atoms with Crippen LogP contribution in [-0.4, -0.2) is 11.4 Å². The number of nitrogens with one attached hydrogen (secondary N) is 1. The van der Waals surface area contributed by atoms with Crippen molar-refractivity contribution in [2.45, 2.75) is 63.8 Å². The molecule has 2 heteroatoms. The molecule has 3 rings (SSSR count). The summed E-state index contributed by atoms with van der Waals surface area (Å²) in [4.78, 5) is 11.7. The van der Waals surface area contributed by atoms with Crippen molar-refractivity contribution in [3.05, 3.63) is 35.4 Å². The zero-order valence-corrected chi connectivity index (χ0v) is 12.6. The van der Waals surface area contributed by atoms with Crippen LogP contribution in [0, 0.1) is 5.92 Å². The summed E-state index contributed by atoms with van der Waals surface area (Å²) in [6.45, 7) is 4.49. The Kier molecular flexibility index (Phi) is 3.57. The molecule has 2 nitrogen and oxygen atoms in total. The molecule has 1 heterocycles. The Morgan fingerprint density at radius 3 is 2.75 bits per heavy atom. The van der Waals surface area contributed by atoms with Crippen LogP contribution in [0.15, 0.2) is 24.3 Å². The van der Waals surface area contributed by atoms with E-state index in [2.05, 4.69) is 43.4 Å². The average molecular weight is 271 g/mol. The van der Waals surface area contributed by atoms with Crippen LogP contribution < -0.4 is 5.32 Å². The fourth-order valence-electron chi connectivity index (χ4n) is 3.68. The lowest BCUT2D eigenvalue weighted by molar-refractivity contribution is -0.119. The number of carbonyl (C=O) groups excluding carboxylic acids is 1. The Morgan fingerprint density at radius 2 is 2.15 bits per heavy atom. The number of hydrogen-bond acceptors (Lipinski definition) is 1. The van der Waals surface area contributed by atoms with E-state index < -0.39 is 0 Å². The van der Waals surface area contributed by atoms with Crippen molar-refractivity contribution >= 4 is 5.91 Å². The van der Waals surface area contributed by atoms with Crippen molar-refractivity contribution in [2.24, 2.45) is 5.92 Å². The van der Waals surface area contributed by atoms with Gasteiger partial charge in [0.25, 0.3) is 0 Å². The summed E-state index contributed by atoms with van der Waals surface area (Å²) in [6, 6.07) is 9.02. The monoisotopic (exact) mass is 271 g/mol. The molecule has 1 aliphatic carbocycles. The summed E-state index contributed by atoms with van der Waals surface area (Å²) in [5.41, 5.74) is 2.87. The summed E-state index contributed by atoms with van der Waals surface area (Å²) < 4.78 is 0. The minimum absolute atomic E-state index is 0.00652. The number of benzene rings is 1. The Labute approximate surface area is 122 Å². The smallest absolute Gasteiger partial charge is 0.220 e. The maximum Gasteiger partial charge on any atom is 0.220 e. The summed E-state index contributed by atoms with van der Waals surface area (Å²) in [6.07, 6.45) is 6.42. The van der Waals surface area contributed by atoms with Crippen LogP contribution >= 0.6 is 0 Å². The minimum atomic E-state index is -0.00652. The van der Waals surface area contributed by atoms with Crippen molar-refractivity contribution in [3.63, 3.8) is 0 Å². The minimum Gasteiger partial charge on any atom is -0.350 e. The van der Waals surface area contributed by atoms with Crippen LogP contribution in [0.2, 0.25) is 0 Å². The van der Waals surface area contributed by atoms with Crippen molar-refractivity contribution < 1.29 is 4.79 Å². The van der Waals surface area contributed by atoms with Crippen LogP contribution in [0.5, 0.6) is 0 Å². The van der Waals surface area contributed by atoms with E-state index in [9.17, 15) is 4.79 Å². The largest absolute Gasteiger partial charge is 0.350 e. The van der Waals surface area contributed by atoms with Gasteiger partial charge in [0.1, 0.15) is 0 Å². The molecule has 108 valence electrons. The predicted octanol–water partition coefficient (Wildman–Crippen LogP) is 3.80. The number of hydrogen-bond donors (Lipinski definition) is 1. The number of rotatable bonds is 5. The van der Waals surface area contributed by atoms with E-state index in [0.29, 0.717) is 12.3 Å². The standard InChI is InChI=1S/C18H25NO/c1-13(2)11-18(9-8-17(20)19-18)12-14-4-3-5-16(10-14)15-6-7-15/h3-5,10,13,15H,6-9,11-12H2,1-2H3,(H,19,20). The van der Waals surface area contributed by atoms with Crippen molar-refractivity contribution in [2.75, 3.05) is 0 Å². The Morgan fingerprint density at radius 1 is 1.35 bits per heavy atom. The van der Waals surface area contributed by atoms with E-state index in [4.69, 9.17) is 0 Å². The first-order valence-electron chi connectivity index (χ1n) is 7.96. The van der Waals surface area contributed by atoms with E-state index in [0.717, 1.165) is 25.2 Å². The molecular weight excluding hydrogens is 246 g/mol. The quantitative estimate of drug-likeness (QED) is 0.867. The summed E-state index contributed by atoms with van der Waals surface area (Å²) in [7, 11) is 0. The first-order chi connectivity index (χ1) is 9.56. The predicted molar refractivity (Wildman–Crippen MR) is 81.7 cm³/mol. The van der Waals surface area contributed by atoms with E-state index >= 15 is 0 Å². The third kappa shape index (κ3) is 3.05. The van der Waals surface area contributed by atoms with Crippen molar-refractivity contribution in [3.8, 4) is 0 Å². The van der Waals surface area contributed by atoms with E-state index in [1.165, 1.54) is 24.0 Å². The van der Waals surface area contributed by atoms with Gasteiger partial charge in [-0.15, -0.1) is 0 Å².